The normalized spacial score (nSPS) is 10.7. The molecule has 0 saturated carbocycles. The monoisotopic (exact) mass is 306 g/mol. The number of hydrogen-bond acceptors (Lipinski definition) is 2. The fraction of sp³-hybridized carbons (Fsp3) is 0.133. The van der Waals surface area contributed by atoms with E-state index in [0.717, 1.165) is 10.0 Å². The van der Waals surface area contributed by atoms with Gasteiger partial charge in [-0.1, -0.05) is 34.2 Å². The van der Waals surface area contributed by atoms with Crippen LogP contribution < -0.4 is 0 Å². The van der Waals surface area contributed by atoms with Gasteiger partial charge < -0.3 is 4.74 Å². The van der Waals surface area contributed by atoms with Crippen LogP contribution in [0.4, 0.5) is 0 Å². The summed E-state index contributed by atoms with van der Waals surface area (Å²) in [5, 5.41) is 0. The predicted molar refractivity (Wildman–Crippen MR) is 77.3 cm³/mol. The van der Waals surface area contributed by atoms with Crippen molar-refractivity contribution in [2.75, 3.05) is 0 Å². The summed E-state index contributed by atoms with van der Waals surface area (Å²) in [6.45, 7) is 7.55. The van der Waals surface area contributed by atoms with Crippen molar-refractivity contribution in [2.24, 2.45) is 0 Å². The van der Waals surface area contributed by atoms with Crippen molar-refractivity contribution >= 4 is 21.9 Å². The van der Waals surface area contributed by atoms with Gasteiger partial charge in [-0.25, -0.2) is 4.79 Å². The van der Waals surface area contributed by atoms with E-state index in [0.29, 0.717) is 11.3 Å². The van der Waals surface area contributed by atoms with Crippen molar-refractivity contribution in [1.82, 2.24) is 0 Å². The molecule has 0 fully saturated rings. The van der Waals surface area contributed by atoms with Gasteiger partial charge in [-0.2, -0.15) is 0 Å². The number of halogens is 1. The fourth-order valence-corrected chi connectivity index (χ4v) is 1.41. The zero-order valence-corrected chi connectivity index (χ0v) is 12.0. The minimum Gasteiger partial charge on any atom is -0.423 e. The largest absolute Gasteiger partial charge is 0.423 e. The smallest absolute Gasteiger partial charge is 0.343 e. The number of rotatable bonds is 4. The summed E-state index contributed by atoms with van der Waals surface area (Å²) in [6, 6.07) is 7.00. The van der Waals surface area contributed by atoms with E-state index in [1.807, 2.05) is 19.9 Å². The van der Waals surface area contributed by atoms with Crippen LogP contribution in [0, 0.1) is 0 Å². The van der Waals surface area contributed by atoms with Crippen molar-refractivity contribution in [3.05, 3.63) is 70.4 Å². The molecule has 2 nitrogen and oxygen atoms in total. The summed E-state index contributed by atoms with van der Waals surface area (Å²) in [5.41, 5.74) is 1.62. The summed E-state index contributed by atoms with van der Waals surface area (Å²) in [7, 11) is 0. The first-order valence-corrected chi connectivity index (χ1v) is 6.27. The van der Waals surface area contributed by atoms with Gasteiger partial charge in [0.25, 0.3) is 0 Å². The van der Waals surface area contributed by atoms with E-state index in [1.165, 1.54) is 6.08 Å². The third-order valence-corrected chi connectivity index (χ3v) is 2.60. The van der Waals surface area contributed by atoms with Gasteiger partial charge in [0.05, 0.1) is 5.56 Å². The van der Waals surface area contributed by atoms with Crippen molar-refractivity contribution in [2.45, 2.75) is 13.8 Å². The van der Waals surface area contributed by atoms with E-state index >= 15 is 0 Å². The van der Waals surface area contributed by atoms with Crippen LogP contribution in [0.5, 0.6) is 0 Å². The van der Waals surface area contributed by atoms with Crippen LogP contribution in [0.3, 0.4) is 0 Å². The molecular formula is C15H15BrO2. The Hall–Kier alpha value is -1.61. The molecule has 0 aliphatic rings. The number of esters is 1. The van der Waals surface area contributed by atoms with Crippen LogP contribution >= 0.6 is 15.9 Å². The second kappa shape index (κ2) is 6.97. The van der Waals surface area contributed by atoms with Gasteiger partial charge in [-0.05, 0) is 50.3 Å². The molecule has 0 N–H and O–H groups in total. The lowest BCUT2D eigenvalue weighted by atomic mass is 10.2. The molecule has 0 spiro atoms. The SMILES string of the molecule is C=C/C(=C\C=C(C)C)OC(=O)c1ccc(Br)cc1. The highest BCUT2D eigenvalue weighted by Gasteiger charge is 2.07. The maximum absolute atomic E-state index is 11.8. The summed E-state index contributed by atoms with van der Waals surface area (Å²) in [4.78, 5) is 11.8. The molecule has 1 aromatic rings. The van der Waals surface area contributed by atoms with E-state index in [1.54, 1.807) is 30.3 Å². The lowest BCUT2D eigenvalue weighted by Crippen LogP contribution is -2.03. The Balaban J connectivity index is 2.80. The molecule has 0 heterocycles. The van der Waals surface area contributed by atoms with E-state index in [2.05, 4.69) is 22.5 Å². The molecule has 0 aliphatic heterocycles. The van der Waals surface area contributed by atoms with E-state index < -0.39 is 5.97 Å². The van der Waals surface area contributed by atoms with Crippen LogP contribution in [-0.2, 0) is 4.74 Å². The van der Waals surface area contributed by atoms with Gasteiger partial charge >= 0.3 is 5.97 Å². The topological polar surface area (TPSA) is 26.3 Å². The predicted octanol–water partition coefficient (Wildman–Crippen LogP) is 4.64. The van der Waals surface area contributed by atoms with Gasteiger partial charge in [0.2, 0.25) is 0 Å². The first-order valence-electron chi connectivity index (χ1n) is 5.48. The Labute approximate surface area is 116 Å². The Morgan fingerprint density at radius 1 is 1.22 bits per heavy atom. The molecule has 1 rings (SSSR count). The van der Waals surface area contributed by atoms with Crippen LogP contribution in [0.2, 0.25) is 0 Å². The molecule has 3 heteroatoms. The maximum Gasteiger partial charge on any atom is 0.343 e. The molecule has 0 saturated heterocycles. The highest BCUT2D eigenvalue weighted by molar-refractivity contribution is 9.10. The molecule has 18 heavy (non-hydrogen) atoms. The van der Waals surface area contributed by atoms with E-state index in [-0.39, 0.29) is 0 Å². The Morgan fingerprint density at radius 3 is 2.33 bits per heavy atom. The van der Waals surface area contributed by atoms with Gasteiger partial charge in [-0.3, -0.25) is 0 Å². The van der Waals surface area contributed by atoms with Crippen LogP contribution in [0.25, 0.3) is 0 Å². The van der Waals surface area contributed by atoms with E-state index in [9.17, 15) is 4.79 Å². The van der Waals surface area contributed by atoms with Crippen molar-refractivity contribution in [3.63, 3.8) is 0 Å². The third kappa shape index (κ3) is 4.72. The number of hydrogen-bond donors (Lipinski definition) is 0. The summed E-state index contributed by atoms with van der Waals surface area (Å²) in [5.74, 6) is 0.0416. The molecular weight excluding hydrogens is 292 g/mol. The highest BCUT2D eigenvalue weighted by atomic mass is 79.9. The number of allylic oxidation sites excluding steroid dienone is 4. The number of carbonyl (C=O) groups excluding carboxylic acids is 1. The molecule has 0 atom stereocenters. The summed E-state index contributed by atoms with van der Waals surface area (Å²) < 4.78 is 6.14. The molecule has 0 radical (unpaired) electrons. The highest BCUT2D eigenvalue weighted by Crippen LogP contribution is 2.13. The Bertz CT molecular complexity index is 492. The minimum absolute atomic E-state index is 0.393. The van der Waals surface area contributed by atoms with Gasteiger partial charge in [0.1, 0.15) is 5.76 Å². The lowest BCUT2D eigenvalue weighted by molar-refractivity contribution is 0.0637. The Morgan fingerprint density at radius 2 is 1.83 bits per heavy atom. The first kappa shape index (κ1) is 14.5. The van der Waals surface area contributed by atoms with Crippen molar-refractivity contribution < 1.29 is 9.53 Å². The number of ether oxygens (including phenoxy) is 1. The fourth-order valence-electron chi connectivity index (χ4n) is 1.14. The molecule has 0 bridgehead atoms. The first-order chi connectivity index (χ1) is 8.52. The van der Waals surface area contributed by atoms with Crippen molar-refractivity contribution in [1.29, 1.82) is 0 Å². The number of carbonyl (C=O) groups is 1. The van der Waals surface area contributed by atoms with Gasteiger partial charge in [-0.15, -0.1) is 0 Å². The zero-order valence-electron chi connectivity index (χ0n) is 10.4. The maximum atomic E-state index is 11.8. The summed E-state index contributed by atoms with van der Waals surface area (Å²) >= 11 is 3.31. The van der Waals surface area contributed by atoms with Gasteiger partial charge in [0.15, 0.2) is 0 Å². The van der Waals surface area contributed by atoms with Crippen LogP contribution in [-0.4, -0.2) is 5.97 Å². The molecule has 0 unspecified atom stereocenters. The third-order valence-electron chi connectivity index (χ3n) is 2.07. The standard InChI is InChI=1S/C15H15BrO2/c1-4-14(10-5-11(2)3)18-15(17)12-6-8-13(16)9-7-12/h4-10H,1H2,2-3H3/b14-10+. The van der Waals surface area contributed by atoms with Gasteiger partial charge in [0, 0.05) is 4.47 Å². The molecule has 0 aliphatic carbocycles. The van der Waals surface area contributed by atoms with Crippen molar-refractivity contribution in [3.8, 4) is 0 Å². The molecule has 94 valence electrons. The second-order valence-electron chi connectivity index (χ2n) is 3.91. The van der Waals surface area contributed by atoms with Crippen LogP contribution in [0.15, 0.2) is 64.9 Å². The average Bonchev–Trinajstić information content (AvgIpc) is 2.34. The minimum atomic E-state index is -0.393. The molecule has 1 aromatic carbocycles. The molecule has 0 aromatic heterocycles. The lowest BCUT2D eigenvalue weighted by Gasteiger charge is -2.04. The number of benzene rings is 1. The molecule has 0 amide bonds. The van der Waals surface area contributed by atoms with E-state index in [4.69, 9.17) is 4.74 Å². The van der Waals surface area contributed by atoms with Crippen LogP contribution in [0.1, 0.15) is 24.2 Å². The summed E-state index contributed by atoms with van der Waals surface area (Å²) in [6.07, 6.45) is 5.10. The second-order valence-corrected chi connectivity index (χ2v) is 4.83. The average molecular weight is 307 g/mol. The quantitative estimate of drug-likeness (QED) is 0.460. The Kier molecular flexibility index (Phi) is 5.59. The zero-order chi connectivity index (χ0) is 13.5.